The van der Waals surface area contributed by atoms with Crippen LogP contribution in [0.5, 0.6) is 0 Å². The summed E-state index contributed by atoms with van der Waals surface area (Å²) in [5, 5.41) is 2.98. The van der Waals surface area contributed by atoms with Crippen molar-refractivity contribution in [3.63, 3.8) is 0 Å². The lowest BCUT2D eigenvalue weighted by molar-refractivity contribution is -0.122. The van der Waals surface area contributed by atoms with E-state index in [2.05, 4.69) is 10.0 Å². The zero-order valence-electron chi connectivity index (χ0n) is 17.2. The van der Waals surface area contributed by atoms with Crippen molar-refractivity contribution >= 4 is 28.5 Å². The Morgan fingerprint density at radius 2 is 2.07 bits per heavy atom. The molecule has 0 heterocycles. The van der Waals surface area contributed by atoms with Crippen molar-refractivity contribution in [3.05, 3.63) is 70.5 Å². The molecule has 2 aromatic carbocycles. The van der Waals surface area contributed by atoms with Gasteiger partial charge in [-0.05, 0) is 67.5 Å². The maximum atomic E-state index is 14.4. The van der Waals surface area contributed by atoms with Gasteiger partial charge in [0.05, 0.1) is 17.0 Å². The van der Waals surface area contributed by atoms with Crippen molar-refractivity contribution in [3.8, 4) is 0 Å². The number of hydrogen-bond donors (Lipinski definition) is 2. The highest BCUT2D eigenvalue weighted by atomic mass is 32.2. The van der Waals surface area contributed by atoms with Crippen LogP contribution in [0, 0.1) is 18.7 Å². The number of aryl methyl sites for hydroxylation is 1. The van der Waals surface area contributed by atoms with E-state index < -0.39 is 11.4 Å². The van der Waals surface area contributed by atoms with Gasteiger partial charge in [0.25, 0.3) is 0 Å². The van der Waals surface area contributed by atoms with Crippen LogP contribution < -0.4 is 10.0 Å². The second kappa shape index (κ2) is 9.01. The number of hydrogen-bond acceptors (Lipinski definition) is 3. The van der Waals surface area contributed by atoms with Crippen LogP contribution in [0.3, 0.4) is 0 Å². The average Bonchev–Trinajstić information content (AvgIpc) is 3.48. The standard InChI is InChI=1S/C23H27FN2O2S/c1-5-14(2)18-8-7-17(11-21(18)24)19-12-20(19)23(27)25-13-16-6-9-22(15(3)10-16)26-29(4)28/h5-11,19-20,26H,12-13H2,1-4H3,(H,25,27)/b14-5+. The molecule has 0 aliphatic heterocycles. The maximum absolute atomic E-state index is 14.4. The smallest absolute Gasteiger partial charge is 0.224 e. The molecule has 0 bridgehead atoms. The van der Waals surface area contributed by atoms with Crippen LogP contribution in [0.25, 0.3) is 5.57 Å². The molecule has 2 N–H and O–H groups in total. The van der Waals surface area contributed by atoms with Crippen LogP contribution in [0.4, 0.5) is 10.1 Å². The van der Waals surface area contributed by atoms with Gasteiger partial charge in [0.2, 0.25) is 5.91 Å². The van der Waals surface area contributed by atoms with Crippen molar-refractivity contribution in [2.45, 2.75) is 39.7 Å². The molecule has 0 aromatic heterocycles. The third kappa shape index (κ3) is 5.19. The zero-order chi connectivity index (χ0) is 21.1. The quantitative estimate of drug-likeness (QED) is 0.647. The minimum Gasteiger partial charge on any atom is -0.593 e. The molecule has 0 saturated heterocycles. The Labute approximate surface area is 174 Å². The fourth-order valence-corrected chi connectivity index (χ4v) is 4.05. The van der Waals surface area contributed by atoms with E-state index in [9.17, 15) is 13.7 Å². The summed E-state index contributed by atoms with van der Waals surface area (Å²) in [4.78, 5) is 12.5. The number of carbonyl (C=O) groups excluding carboxylic acids is 1. The van der Waals surface area contributed by atoms with Gasteiger partial charge < -0.3 is 9.87 Å². The fraction of sp³-hybridized carbons (Fsp3) is 0.348. The SMILES string of the molecule is C/C=C(\C)c1ccc(C2CC2C(=O)NCc2ccc(N[S+](C)[O-])c(C)c2)cc1F. The first kappa shape index (κ1) is 21.4. The predicted molar refractivity (Wildman–Crippen MR) is 117 cm³/mol. The first-order valence-corrected chi connectivity index (χ1v) is 11.3. The van der Waals surface area contributed by atoms with Crippen molar-refractivity contribution in [1.29, 1.82) is 0 Å². The second-order valence-corrected chi connectivity index (χ2v) is 8.70. The number of halogens is 1. The van der Waals surface area contributed by atoms with Gasteiger partial charge in [0.15, 0.2) is 0 Å². The molecule has 154 valence electrons. The summed E-state index contributed by atoms with van der Waals surface area (Å²) in [6, 6.07) is 11.0. The Bertz CT molecular complexity index is 942. The lowest BCUT2D eigenvalue weighted by Crippen LogP contribution is -2.25. The highest BCUT2D eigenvalue weighted by molar-refractivity contribution is 7.92. The molecule has 1 amide bonds. The molecule has 6 heteroatoms. The van der Waals surface area contributed by atoms with E-state index in [4.69, 9.17) is 0 Å². The van der Waals surface area contributed by atoms with Gasteiger partial charge in [0.1, 0.15) is 12.1 Å². The highest BCUT2D eigenvalue weighted by Crippen LogP contribution is 2.48. The zero-order valence-corrected chi connectivity index (χ0v) is 18.0. The van der Waals surface area contributed by atoms with Gasteiger partial charge in [-0.1, -0.05) is 30.3 Å². The van der Waals surface area contributed by atoms with E-state index in [1.54, 1.807) is 18.4 Å². The highest BCUT2D eigenvalue weighted by Gasteiger charge is 2.44. The average molecular weight is 415 g/mol. The molecule has 1 aliphatic carbocycles. The number of benzene rings is 2. The van der Waals surface area contributed by atoms with Crippen LogP contribution in [-0.4, -0.2) is 16.7 Å². The van der Waals surface area contributed by atoms with E-state index in [-0.39, 0.29) is 23.6 Å². The monoisotopic (exact) mass is 414 g/mol. The van der Waals surface area contributed by atoms with Gasteiger partial charge in [-0.25, -0.2) is 9.11 Å². The molecule has 0 radical (unpaired) electrons. The van der Waals surface area contributed by atoms with Gasteiger partial charge in [-0.15, -0.1) is 0 Å². The van der Waals surface area contributed by atoms with E-state index in [0.717, 1.165) is 34.4 Å². The number of anilines is 1. The van der Waals surface area contributed by atoms with Gasteiger partial charge in [-0.3, -0.25) is 4.79 Å². The molecule has 1 aliphatic rings. The summed E-state index contributed by atoms with van der Waals surface area (Å²) < 4.78 is 28.5. The van der Waals surface area contributed by atoms with Crippen molar-refractivity contribution in [2.75, 3.05) is 11.0 Å². The fourth-order valence-electron chi connectivity index (χ4n) is 3.52. The van der Waals surface area contributed by atoms with Crippen LogP contribution in [0.15, 0.2) is 42.5 Å². The third-order valence-electron chi connectivity index (χ3n) is 5.42. The Kier molecular flexibility index (Phi) is 6.65. The molecule has 3 atom stereocenters. The lowest BCUT2D eigenvalue weighted by atomic mass is 10.0. The normalized spacial score (nSPS) is 19.6. The van der Waals surface area contributed by atoms with Crippen LogP contribution in [0.1, 0.15) is 48.4 Å². The number of nitrogens with one attached hydrogen (secondary N) is 2. The first-order valence-electron chi connectivity index (χ1n) is 9.70. The third-order valence-corrected chi connectivity index (χ3v) is 5.92. The molecule has 3 rings (SSSR count). The Morgan fingerprint density at radius 1 is 1.31 bits per heavy atom. The van der Waals surface area contributed by atoms with E-state index >= 15 is 0 Å². The predicted octanol–water partition coefficient (Wildman–Crippen LogP) is 4.68. The van der Waals surface area contributed by atoms with Crippen molar-refractivity contribution in [1.82, 2.24) is 5.32 Å². The number of carbonyl (C=O) groups is 1. The molecule has 3 unspecified atom stereocenters. The number of amides is 1. The lowest BCUT2D eigenvalue weighted by Gasteiger charge is -2.12. The molecule has 4 nitrogen and oxygen atoms in total. The minimum absolute atomic E-state index is 0.00126. The topological polar surface area (TPSA) is 64.2 Å². The van der Waals surface area contributed by atoms with Gasteiger partial charge in [0, 0.05) is 18.0 Å². The largest absolute Gasteiger partial charge is 0.593 e. The first-order chi connectivity index (χ1) is 13.8. The summed E-state index contributed by atoms with van der Waals surface area (Å²) >= 11 is -1.12. The molecular formula is C23H27FN2O2S. The molecule has 2 aromatic rings. The molecule has 1 fully saturated rings. The molecular weight excluding hydrogens is 387 g/mol. The van der Waals surface area contributed by atoms with E-state index in [1.165, 1.54) is 0 Å². The summed E-state index contributed by atoms with van der Waals surface area (Å²) in [5.41, 5.74) is 5.18. The Morgan fingerprint density at radius 3 is 2.69 bits per heavy atom. The van der Waals surface area contributed by atoms with Gasteiger partial charge >= 0.3 is 0 Å². The molecule has 1 saturated carbocycles. The molecule has 29 heavy (non-hydrogen) atoms. The van der Waals surface area contributed by atoms with Crippen LogP contribution >= 0.6 is 0 Å². The summed E-state index contributed by atoms with van der Waals surface area (Å²) in [7, 11) is 0. The molecule has 0 spiro atoms. The maximum Gasteiger partial charge on any atom is 0.224 e. The number of allylic oxidation sites excluding steroid dienone is 2. The minimum atomic E-state index is -1.12. The van der Waals surface area contributed by atoms with Crippen LogP contribution in [-0.2, 0) is 22.7 Å². The van der Waals surface area contributed by atoms with Crippen LogP contribution in [0.2, 0.25) is 0 Å². The van der Waals surface area contributed by atoms with Crippen molar-refractivity contribution < 1.29 is 13.7 Å². The Hall–Kier alpha value is -2.31. The Balaban J connectivity index is 1.57. The van der Waals surface area contributed by atoms with E-state index in [1.807, 2.05) is 51.1 Å². The second-order valence-electron chi connectivity index (χ2n) is 7.58. The number of rotatable bonds is 7. The van der Waals surface area contributed by atoms with E-state index in [0.29, 0.717) is 12.1 Å². The summed E-state index contributed by atoms with van der Waals surface area (Å²) in [6.07, 6.45) is 4.22. The van der Waals surface area contributed by atoms with Crippen molar-refractivity contribution in [2.24, 2.45) is 5.92 Å². The summed E-state index contributed by atoms with van der Waals surface area (Å²) in [6.45, 7) is 6.15. The summed E-state index contributed by atoms with van der Waals surface area (Å²) in [5.74, 6) is -0.259. The van der Waals surface area contributed by atoms with Gasteiger partial charge in [-0.2, -0.15) is 0 Å².